The van der Waals surface area contributed by atoms with E-state index in [1.54, 1.807) is 11.9 Å². The molecule has 0 fully saturated rings. The molecule has 0 radical (unpaired) electrons. The summed E-state index contributed by atoms with van der Waals surface area (Å²) in [5.41, 5.74) is 3.83. The molecule has 3 aromatic rings. The van der Waals surface area contributed by atoms with Crippen molar-refractivity contribution in [3.05, 3.63) is 68.1 Å². The minimum absolute atomic E-state index is 0.0560. The maximum absolute atomic E-state index is 13.0. The number of rotatable bonds is 6. The van der Waals surface area contributed by atoms with Gasteiger partial charge in [0.25, 0.3) is 11.5 Å². The molecule has 0 saturated heterocycles. The van der Waals surface area contributed by atoms with Crippen LogP contribution in [0.4, 0.5) is 0 Å². The van der Waals surface area contributed by atoms with Crippen LogP contribution in [-0.2, 0) is 13.5 Å². The second kappa shape index (κ2) is 8.69. The number of hydrogen-bond donors (Lipinski definition) is 0. The first-order chi connectivity index (χ1) is 13.8. The molecular formula is C22H26N4O2S. The third-order valence-electron chi connectivity index (χ3n) is 5.08. The Morgan fingerprint density at radius 2 is 1.83 bits per heavy atom. The average Bonchev–Trinajstić information content (AvgIpc) is 3.08. The minimum Gasteiger partial charge on any atom is -0.341 e. The summed E-state index contributed by atoms with van der Waals surface area (Å²) in [6, 6.07) is 10.3. The fourth-order valence-electron chi connectivity index (χ4n) is 3.24. The highest BCUT2D eigenvalue weighted by atomic mass is 32.1. The van der Waals surface area contributed by atoms with Gasteiger partial charge in [-0.15, -0.1) is 11.3 Å². The van der Waals surface area contributed by atoms with Gasteiger partial charge in [-0.3, -0.25) is 9.59 Å². The second-order valence-corrected chi connectivity index (χ2v) is 8.26. The molecule has 1 amide bonds. The van der Waals surface area contributed by atoms with E-state index in [2.05, 4.69) is 22.2 Å². The average molecular weight is 411 g/mol. The van der Waals surface area contributed by atoms with Crippen molar-refractivity contribution >= 4 is 17.2 Å². The van der Waals surface area contributed by atoms with Crippen molar-refractivity contribution in [2.24, 2.45) is 7.05 Å². The lowest BCUT2D eigenvalue weighted by Gasteiger charge is -2.16. The van der Waals surface area contributed by atoms with Gasteiger partial charge < -0.3 is 4.90 Å². The summed E-state index contributed by atoms with van der Waals surface area (Å²) in [6.45, 7) is 6.22. The Hall–Kier alpha value is -2.80. The topological polar surface area (TPSA) is 68.1 Å². The van der Waals surface area contributed by atoms with Gasteiger partial charge in [-0.1, -0.05) is 30.3 Å². The molecule has 0 aliphatic heterocycles. The standard InChI is InChI=1S/C22H26N4O2S/c1-14-15(2)24-26(5)21(27)18(14)20-23-16(3)19(29-20)22(28)25(4)13-9-12-17-10-7-6-8-11-17/h6-8,10-11H,9,12-13H2,1-5H3. The monoisotopic (exact) mass is 410 g/mol. The predicted octanol–water partition coefficient (Wildman–Crippen LogP) is 3.53. The molecule has 0 bridgehead atoms. The van der Waals surface area contributed by atoms with Crippen LogP contribution in [0.15, 0.2) is 35.1 Å². The number of aryl methyl sites for hydroxylation is 4. The second-order valence-electron chi connectivity index (χ2n) is 7.26. The van der Waals surface area contributed by atoms with E-state index >= 15 is 0 Å². The molecule has 1 aromatic carbocycles. The first kappa shape index (κ1) is 20.9. The molecule has 7 heteroatoms. The Kier molecular flexibility index (Phi) is 6.27. The van der Waals surface area contributed by atoms with Crippen molar-refractivity contribution in [2.75, 3.05) is 13.6 Å². The van der Waals surface area contributed by atoms with Crippen LogP contribution in [0.2, 0.25) is 0 Å². The molecule has 2 heterocycles. The lowest BCUT2D eigenvalue weighted by Crippen LogP contribution is -2.27. The van der Waals surface area contributed by atoms with Crippen LogP contribution >= 0.6 is 11.3 Å². The molecule has 6 nitrogen and oxygen atoms in total. The maximum Gasteiger partial charge on any atom is 0.277 e. The Morgan fingerprint density at radius 1 is 1.14 bits per heavy atom. The quantitative estimate of drug-likeness (QED) is 0.623. The summed E-state index contributed by atoms with van der Waals surface area (Å²) >= 11 is 1.28. The van der Waals surface area contributed by atoms with E-state index in [0.717, 1.165) is 24.1 Å². The highest BCUT2D eigenvalue weighted by Crippen LogP contribution is 2.29. The smallest absolute Gasteiger partial charge is 0.277 e. The zero-order valence-corrected chi connectivity index (χ0v) is 18.3. The van der Waals surface area contributed by atoms with Crippen LogP contribution in [0.25, 0.3) is 10.6 Å². The van der Waals surface area contributed by atoms with Gasteiger partial charge in [0.2, 0.25) is 0 Å². The summed E-state index contributed by atoms with van der Waals surface area (Å²) in [4.78, 5) is 32.4. The van der Waals surface area contributed by atoms with E-state index in [4.69, 9.17) is 0 Å². The van der Waals surface area contributed by atoms with Crippen LogP contribution < -0.4 is 5.56 Å². The van der Waals surface area contributed by atoms with Gasteiger partial charge in [0, 0.05) is 20.6 Å². The van der Waals surface area contributed by atoms with Gasteiger partial charge in [0.1, 0.15) is 9.88 Å². The summed E-state index contributed by atoms with van der Waals surface area (Å²) in [5, 5.41) is 4.79. The lowest BCUT2D eigenvalue weighted by molar-refractivity contribution is 0.0797. The van der Waals surface area contributed by atoms with Crippen LogP contribution in [-0.4, -0.2) is 39.2 Å². The molecular weight excluding hydrogens is 384 g/mol. The van der Waals surface area contributed by atoms with Gasteiger partial charge in [0.05, 0.1) is 17.0 Å². The van der Waals surface area contributed by atoms with Gasteiger partial charge in [-0.25, -0.2) is 9.67 Å². The van der Waals surface area contributed by atoms with Crippen LogP contribution in [0.5, 0.6) is 0 Å². The van der Waals surface area contributed by atoms with Crippen molar-refractivity contribution in [3.63, 3.8) is 0 Å². The number of nitrogens with zero attached hydrogens (tertiary/aromatic N) is 4. The molecule has 0 spiro atoms. The molecule has 0 saturated carbocycles. The van der Waals surface area contributed by atoms with E-state index < -0.39 is 0 Å². The Bertz CT molecular complexity index is 1090. The molecule has 2 aromatic heterocycles. The van der Waals surface area contributed by atoms with E-state index in [9.17, 15) is 9.59 Å². The summed E-state index contributed by atoms with van der Waals surface area (Å²) in [7, 11) is 3.44. The van der Waals surface area contributed by atoms with Gasteiger partial charge in [-0.05, 0) is 44.7 Å². The van der Waals surface area contributed by atoms with Crippen molar-refractivity contribution in [1.82, 2.24) is 19.7 Å². The third-order valence-corrected chi connectivity index (χ3v) is 6.24. The molecule has 0 unspecified atom stereocenters. The fourth-order valence-corrected chi connectivity index (χ4v) is 4.40. The SMILES string of the molecule is Cc1nc(-c2c(C)c(C)nn(C)c2=O)sc1C(=O)N(C)CCCc1ccccc1. The van der Waals surface area contributed by atoms with E-state index in [1.165, 1.54) is 21.6 Å². The van der Waals surface area contributed by atoms with Gasteiger partial charge in [0.15, 0.2) is 0 Å². The van der Waals surface area contributed by atoms with Crippen molar-refractivity contribution < 1.29 is 4.79 Å². The highest BCUT2D eigenvalue weighted by molar-refractivity contribution is 7.17. The fraction of sp³-hybridized carbons (Fsp3) is 0.364. The normalized spacial score (nSPS) is 10.9. The Labute approximate surface area is 174 Å². The molecule has 0 atom stereocenters. The van der Waals surface area contributed by atoms with E-state index in [1.807, 2.05) is 46.0 Å². The zero-order chi connectivity index (χ0) is 21.1. The number of benzene rings is 1. The van der Waals surface area contributed by atoms with Crippen LogP contribution in [0.1, 0.15) is 38.6 Å². The lowest BCUT2D eigenvalue weighted by atomic mass is 10.1. The molecule has 3 rings (SSSR count). The predicted molar refractivity (Wildman–Crippen MR) is 117 cm³/mol. The number of carbonyl (C=O) groups is 1. The van der Waals surface area contributed by atoms with Crippen molar-refractivity contribution in [3.8, 4) is 10.6 Å². The van der Waals surface area contributed by atoms with E-state index in [0.29, 0.717) is 27.7 Å². The summed E-state index contributed by atoms with van der Waals surface area (Å²) in [5.74, 6) is -0.0560. The third kappa shape index (κ3) is 4.45. The number of carbonyl (C=O) groups excluding carboxylic acids is 1. The van der Waals surface area contributed by atoms with Gasteiger partial charge in [-0.2, -0.15) is 5.10 Å². The summed E-state index contributed by atoms with van der Waals surface area (Å²) < 4.78 is 1.33. The largest absolute Gasteiger partial charge is 0.341 e. The molecule has 29 heavy (non-hydrogen) atoms. The van der Waals surface area contributed by atoms with Crippen molar-refractivity contribution in [2.45, 2.75) is 33.6 Å². The Balaban J connectivity index is 1.78. The highest BCUT2D eigenvalue weighted by Gasteiger charge is 2.22. The maximum atomic E-state index is 13.0. The molecule has 0 aliphatic rings. The molecule has 152 valence electrons. The number of amides is 1. The Morgan fingerprint density at radius 3 is 2.52 bits per heavy atom. The molecule has 0 aliphatic carbocycles. The van der Waals surface area contributed by atoms with Crippen LogP contribution in [0.3, 0.4) is 0 Å². The first-order valence-corrected chi connectivity index (χ1v) is 10.4. The minimum atomic E-state index is -0.197. The summed E-state index contributed by atoms with van der Waals surface area (Å²) in [6.07, 6.45) is 1.82. The van der Waals surface area contributed by atoms with E-state index in [-0.39, 0.29) is 11.5 Å². The van der Waals surface area contributed by atoms with Crippen molar-refractivity contribution in [1.29, 1.82) is 0 Å². The number of hydrogen-bond acceptors (Lipinski definition) is 5. The molecule has 0 N–H and O–H groups in total. The first-order valence-electron chi connectivity index (χ1n) is 9.61. The number of aromatic nitrogens is 3. The van der Waals surface area contributed by atoms with Gasteiger partial charge >= 0.3 is 0 Å². The number of thiazole rings is 1. The zero-order valence-electron chi connectivity index (χ0n) is 17.5. The van der Waals surface area contributed by atoms with Crippen LogP contribution in [0, 0.1) is 20.8 Å².